The standard InChI is InChI=1S/C16H12BrCl2N3O2/c17-12-3-1-2-10(6-12)8-21-22-16(24)15(23)20-9-11-4-5-13(18)7-14(11)19/h1-8H,9H2,(H,20,23)(H,22,24)/b21-8-. The van der Waals surface area contributed by atoms with Gasteiger partial charge in [-0.1, -0.05) is 57.3 Å². The topological polar surface area (TPSA) is 70.6 Å². The summed E-state index contributed by atoms with van der Waals surface area (Å²) in [5.74, 6) is -1.68. The Labute approximate surface area is 157 Å². The fraction of sp³-hybridized carbons (Fsp3) is 0.0625. The van der Waals surface area contributed by atoms with Crippen molar-refractivity contribution in [2.24, 2.45) is 5.10 Å². The van der Waals surface area contributed by atoms with Crippen molar-refractivity contribution in [1.82, 2.24) is 10.7 Å². The number of carbonyl (C=O) groups excluding carboxylic acids is 2. The van der Waals surface area contributed by atoms with Gasteiger partial charge in [0.25, 0.3) is 0 Å². The van der Waals surface area contributed by atoms with Crippen molar-refractivity contribution in [1.29, 1.82) is 0 Å². The van der Waals surface area contributed by atoms with Crippen LogP contribution in [-0.4, -0.2) is 18.0 Å². The summed E-state index contributed by atoms with van der Waals surface area (Å²) >= 11 is 15.1. The van der Waals surface area contributed by atoms with Gasteiger partial charge in [-0.3, -0.25) is 9.59 Å². The highest BCUT2D eigenvalue weighted by molar-refractivity contribution is 9.10. The van der Waals surface area contributed by atoms with Crippen molar-refractivity contribution in [3.63, 3.8) is 0 Å². The predicted octanol–water partition coefficient (Wildman–Crippen LogP) is 3.52. The number of nitrogens with zero attached hydrogens (tertiary/aromatic N) is 1. The average molecular weight is 429 g/mol. The Morgan fingerprint density at radius 2 is 1.92 bits per heavy atom. The number of amides is 2. The van der Waals surface area contributed by atoms with Crippen LogP contribution in [-0.2, 0) is 16.1 Å². The number of nitrogens with one attached hydrogen (secondary N) is 2. The van der Waals surface area contributed by atoms with E-state index in [9.17, 15) is 9.59 Å². The Balaban J connectivity index is 1.85. The summed E-state index contributed by atoms with van der Waals surface area (Å²) in [6, 6.07) is 12.2. The molecule has 124 valence electrons. The SMILES string of the molecule is O=C(NCc1ccc(Cl)cc1Cl)C(=O)N/N=C\c1cccc(Br)c1. The summed E-state index contributed by atoms with van der Waals surface area (Å²) in [5.41, 5.74) is 3.59. The molecule has 0 aromatic heterocycles. The second-order valence-corrected chi connectivity index (χ2v) is 6.43. The van der Waals surface area contributed by atoms with E-state index in [0.717, 1.165) is 10.0 Å². The lowest BCUT2D eigenvalue weighted by Crippen LogP contribution is -2.37. The highest BCUT2D eigenvalue weighted by atomic mass is 79.9. The van der Waals surface area contributed by atoms with Crippen molar-refractivity contribution in [3.8, 4) is 0 Å². The third-order valence-electron chi connectivity index (χ3n) is 2.89. The van der Waals surface area contributed by atoms with Crippen molar-refractivity contribution < 1.29 is 9.59 Å². The van der Waals surface area contributed by atoms with Gasteiger partial charge in [0, 0.05) is 21.1 Å². The molecule has 0 fully saturated rings. The van der Waals surface area contributed by atoms with Crippen molar-refractivity contribution in [2.75, 3.05) is 0 Å². The van der Waals surface area contributed by atoms with E-state index in [-0.39, 0.29) is 6.54 Å². The third kappa shape index (κ3) is 5.63. The van der Waals surface area contributed by atoms with Crippen LogP contribution in [0.2, 0.25) is 10.0 Å². The lowest BCUT2D eigenvalue weighted by Gasteiger charge is -2.06. The van der Waals surface area contributed by atoms with Crippen LogP contribution in [0.25, 0.3) is 0 Å². The van der Waals surface area contributed by atoms with E-state index in [0.29, 0.717) is 15.6 Å². The van der Waals surface area contributed by atoms with Gasteiger partial charge in [-0.2, -0.15) is 5.10 Å². The van der Waals surface area contributed by atoms with Crippen LogP contribution in [0.4, 0.5) is 0 Å². The van der Waals surface area contributed by atoms with Crippen LogP contribution in [0, 0.1) is 0 Å². The molecule has 0 heterocycles. The Hall–Kier alpha value is -1.89. The molecule has 0 radical (unpaired) electrons. The maximum absolute atomic E-state index is 11.7. The van der Waals surface area contributed by atoms with Crippen LogP contribution in [0.3, 0.4) is 0 Å². The fourth-order valence-electron chi connectivity index (χ4n) is 1.72. The first-order chi connectivity index (χ1) is 11.5. The largest absolute Gasteiger partial charge is 0.344 e. The van der Waals surface area contributed by atoms with E-state index in [1.165, 1.54) is 6.21 Å². The molecule has 5 nitrogen and oxygen atoms in total. The second kappa shape index (κ2) is 8.82. The molecule has 0 saturated heterocycles. The molecule has 0 unspecified atom stereocenters. The zero-order valence-corrected chi connectivity index (χ0v) is 15.3. The number of carbonyl (C=O) groups is 2. The average Bonchev–Trinajstić information content (AvgIpc) is 2.53. The first kappa shape index (κ1) is 18.4. The third-order valence-corrected chi connectivity index (χ3v) is 3.97. The van der Waals surface area contributed by atoms with E-state index in [4.69, 9.17) is 23.2 Å². The van der Waals surface area contributed by atoms with E-state index >= 15 is 0 Å². The molecule has 0 atom stereocenters. The molecule has 0 bridgehead atoms. The summed E-state index contributed by atoms with van der Waals surface area (Å²) in [4.78, 5) is 23.4. The minimum Gasteiger partial charge on any atom is -0.344 e. The van der Waals surface area contributed by atoms with E-state index in [1.807, 2.05) is 24.3 Å². The summed E-state index contributed by atoms with van der Waals surface area (Å²) in [5, 5.41) is 7.10. The van der Waals surface area contributed by atoms with Gasteiger partial charge in [0.1, 0.15) is 0 Å². The highest BCUT2D eigenvalue weighted by Crippen LogP contribution is 2.20. The van der Waals surface area contributed by atoms with Gasteiger partial charge >= 0.3 is 11.8 Å². The van der Waals surface area contributed by atoms with Crippen LogP contribution < -0.4 is 10.7 Å². The molecule has 24 heavy (non-hydrogen) atoms. The molecule has 2 rings (SSSR count). The van der Waals surface area contributed by atoms with Gasteiger partial charge in [-0.15, -0.1) is 0 Å². The van der Waals surface area contributed by atoms with Gasteiger partial charge in [-0.25, -0.2) is 5.43 Å². The maximum Gasteiger partial charge on any atom is 0.329 e. The Morgan fingerprint density at radius 3 is 2.62 bits per heavy atom. The lowest BCUT2D eigenvalue weighted by atomic mass is 10.2. The molecule has 0 aliphatic rings. The maximum atomic E-state index is 11.7. The Bertz CT molecular complexity index is 797. The summed E-state index contributed by atoms with van der Waals surface area (Å²) in [6.07, 6.45) is 1.44. The number of hydrazone groups is 1. The van der Waals surface area contributed by atoms with E-state index < -0.39 is 11.8 Å². The first-order valence-corrected chi connectivity index (χ1v) is 8.31. The van der Waals surface area contributed by atoms with Crippen LogP contribution in [0.1, 0.15) is 11.1 Å². The Kier molecular flexibility index (Phi) is 6.78. The second-order valence-electron chi connectivity index (χ2n) is 4.67. The molecular weight excluding hydrogens is 417 g/mol. The quantitative estimate of drug-likeness (QED) is 0.444. The molecule has 2 aromatic rings. The van der Waals surface area contributed by atoms with Gasteiger partial charge in [0.15, 0.2) is 0 Å². The van der Waals surface area contributed by atoms with Gasteiger partial charge in [0.05, 0.1) is 6.21 Å². The molecule has 2 N–H and O–H groups in total. The summed E-state index contributed by atoms with van der Waals surface area (Å²) < 4.78 is 0.885. The van der Waals surface area contributed by atoms with Crippen molar-refractivity contribution in [2.45, 2.75) is 6.54 Å². The molecule has 0 saturated carbocycles. The Morgan fingerprint density at radius 1 is 1.12 bits per heavy atom. The number of hydrogen-bond donors (Lipinski definition) is 2. The molecule has 2 amide bonds. The van der Waals surface area contributed by atoms with Crippen LogP contribution >= 0.6 is 39.1 Å². The first-order valence-electron chi connectivity index (χ1n) is 6.76. The minimum atomic E-state index is -0.869. The summed E-state index contributed by atoms with van der Waals surface area (Å²) in [6.45, 7) is 0.109. The zero-order chi connectivity index (χ0) is 17.5. The number of benzene rings is 2. The van der Waals surface area contributed by atoms with Crippen molar-refractivity contribution in [3.05, 3.63) is 68.1 Å². The van der Waals surface area contributed by atoms with Gasteiger partial charge < -0.3 is 5.32 Å². The lowest BCUT2D eigenvalue weighted by molar-refractivity contribution is -0.139. The molecule has 8 heteroatoms. The van der Waals surface area contributed by atoms with Gasteiger partial charge in [-0.05, 0) is 35.4 Å². The fourth-order valence-corrected chi connectivity index (χ4v) is 2.62. The van der Waals surface area contributed by atoms with Crippen LogP contribution in [0.5, 0.6) is 0 Å². The van der Waals surface area contributed by atoms with E-state index in [1.54, 1.807) is 18.2 Å². The molecule has 2 aromatic carbocycles. The number of halogens is 3. The van der Waals surface area contributed by atoms with Gasteiger partial charge in [0.2, 0.25) is 0 Å². The molecule has 0 spiro atoms. The van der Waals surface area contributed by atoms with Crippen LogP contribution in [0.15, 0.2) is 52.0 Å². The van der Waals surface area contributed by atoms with E-state index in [2.05, 4.69) is 31.8 Å². The molecule has 0 aliphatic heterocycles. The predicted molar refractivity (Wildman–Crippen MR) is 98.2 cm³/mol. The smallest absolute Gasteiger partial charge is 0.329 e. The molecule has 0 aliphatic carbocycles. The monoisotopic (exact) mass is 427 g/mol. The van der Waals surface area contributed by atoms with Crippen molar-refractivity contribution >= 4 is 57.2 Å². The highest BCUT2D eigenvalue weighted by Gasteiger charge is 2.12. The molecular formula is C16H12BrCl2N3O2. The summed E-state index contributed by atoms with van der Waals surface area (Å²) in [7, 11) is 0. The number of rotatable bonds is 4. The zero-order valence-electron chi connectivity index (χ0n) is 12.2. The minimum absolute atomic E-state index is 0.109. The number of hydrogen-bond acceptors (Lipinski definition) is 3. The normalized spacial score (nSPS) is 10.6.